The smallest absolute Gasteiger partial charge is 0.214 e. The summed E-state index contributed by atoms with van der Waals surface area (Å²) in [5.74, 6) is -0.0331. The average molecular weight is 268 g/mol. The van der Waals surface area contributed by atoms with Crippen LogP contribution in [0.2, 0.25) is 0 Å². The number of hydrogen-bond acceptors (Lipinski definition) is 4. The van der Waals surface area contributed by atoms with Crippen LogP contribution < -0.4 is 10.5 Å². The molecule has 0 rings (SSSR count). The van der Waals surface area contributed by atoms with Gasteiger partial charge in [0, 0.05) is 19.1 Å². The first-order valence-electron chi connectivity index (χ1n) is 5.27. The molecule has 0 aliphatic rings. The first-order valence-corrected chi connectivity index (χ1v) is 7.33. The van der Waals surface area contributed by atoms with Gasteiger partial charge in [0.1, 0.15) is 0 Å². The van der Waals surface area contributed by atoms with Gasteiger partial charge >= 0.3 is 0 Å². The Morgan fingerprint density at radius 2 is 2.12 bits per heavy atom. The molecule has 0 aromatic carbocycles. The van der Waals surface area contributed by atoms with Crippen LogP contribution in [0.5, 0.6) is 0 Å². The Hall–Kier alpha value is -0.240. The van der Waals surface area contributed by atoms with Crippen molar-refractivity contribution in [2.45, 2.75) is 32.7 Å². The fraction of sp³-hybridized carbons (Fsp3) is 0.889. The van der Waals surface area contributed by atoms with Gasteiger partial charge in [-0.2, -0.15) is 0 Å². The molecule has 3 N–H and O–H groups in total. The van der Waals surface area contributed by atoms with Gasteiger partial charge in [-0.15, -0.1) is 0 Å². The first kappa shape index (κ1) is 15.8. The van der Waals surface area contributed by atoms with Crippen molar-refractivity contribution >= 4 is 27.2 Å². The topological polar surface area (TPSA) is 81.4 Å². The Morgan fingerprint density at radius 1 is 1.50 bits per heavy atom. The van der Waals surface area contributed by atoms with Crippen LogP contribution in [0.1, 0.15) is 26.7 Å². The second kappa shape index (κ2) is 7.94. The zero-order valence-corrected chi connectivity index (χ0v) is 11.4. The van der Waals surface area contributed by atoms with E-state index in [1.165, 1.54) is 0 Å². The summed E-state index contributed by atoms with van der Waals surface area (Å²) in [6.07, 6.45) is 1.05. The molecule has 0 aromatic heterocycles. The van der Waals surface area contributed by atoms with Crippen molar-refractivity contribution in [2.24, 2.45) is 5.73 Å². The molecule has 0 amide bonds. The molecule has 0 saturated carbocycles. The highest BCUT2D eigenvalue weighted by Crippen LogP contribution is 2.00. The highest BCUT2D eigenvalue weighted by molar-refractivity contribution is 7.89. The molecule has 0 fully saturated rings. The maximum absolute atomic E-state index is 11.6. The Kier molecular flexibility index (Phi) is 7.82. The molecule has 0 bridgehead atoms. The molecule has 0 heterocycles. The minimum atomic E-state index is -3.30. The summed E-state index contributed by atoms with van der Waals surface area (Å²) in [4.78, 5) is 0.319. The van der Waals surface area contributed by atoms with Crippen LogP contribution in [-0.4, -0.2) is 38.4 Å². The van der Waals surface area contributed by atoms with Gasteiger partial charge in [-0.3, -0.25) is 0 Å². The number of hydrogen-bond donors (Lipinski definition) is 2. The molecule has 1 atom stereocenters. The SMILES string of the molecule is CCOCCS(=O)(=O)NC(CC)CC(N)=S. The maximum Gasteiger partial charge on any atom is 0.214 e. The van der Waals surface area contributed by atoms with E-state index in [0.29, 0.717) is 24.4 Å². The molecular formula is C9H20N2O3S2. The van der Waals surface area contributed by atoms with E-state index in [1.807, 2.05) is 13.8 Å². The van der Waals surface area contributed by atoms with Crippen molar-refractivity contribution in [1.82, 2.24) is 4.72 Å². The lowest BCUT2D eigenvalue weighted by Gasteiger charge is -2.16. The predicted octanol–water partition coefficient (Wildman–Crippen LogP) is 0.397. The van der Waals surface area contributed by atoms with E-state index in [2.05, 4.69) is 4.72 Å². The van der Waals surface area contributed by atoms with Crippen LogP contribution in [0.25, 0.3) is 0 Å². The Balaban J connectivity index is 4.15. The third kappa shape index (κ3) is 7.98. The van der Waals surface area contributed by atoms with E-state index in [4.69, 9.17) is 22.7 Å². The Morgan fingerprint density at radius 3 is 2.56 bits per heavy atom. The summed E-state index contributed by atoms with van der Waals surface area (Å²) in [6.45, 7) is 4.42. The molecule has 0 aliphatic carbocycles. The number of ether oxygens (including phenoxy) is 1. The minimum absolute atomic E-state index is 0.0331. The summed E-state index contributed by atoms with van der Waals surface area (Å²) in [5.41, 5.74) is 5.38. The van der Waals surface area contributed by atoms with Crippen molar-refractivity contribution in [1.29, 1.82) is 0 Å². The molecule has 5 nitrogen and oxygen atoms in total. The Bertz CT molecular complexity index is 304. The van der Waals surface area contributed by atoms with E-state index in [1.54, 1.807) is 0 Å². The second-order valence-corrected chi connectivity index (χ2v) is 5.81. The van der Waals surface area contributed by atoms with Crippen molar-refractivity contribution < 1.29 is 13.2 Å². The van der Waals surface area contributed by atoms with Crippen molar-refractivity contribution in [3.63, 3.8) is 0 Å². The number of nitrogens with one attached hydrogen (secondary N) is 1. The van der Waals surface area contributed by atoms with Gasteiger partial charge in [0.2, 0.25) is 10.0 Å². The van der Waals surface area contributed by atoms with Gasteiger partial charge in [-0.05, 0) is 13.3 Å². The summed E-state index contributed by atoms with van der Waals surface area (Å²) in [7, 11) is -3.30. The molecule has 7 heteroatoms. The van der Waals surface area contributed by atoms with Crippen LogP contribution >= 0.6 is 12.2 Å². The van der Waals surface area contributed by atoms with E-state index in [-0.39, 0.29) is 18.4 Å². The van der Waals surface area contributed by atoms with Crippen molar-refractivity contribution in [3.05, 3.63) is 0 Å². The predicted molar refractivity (Wildman–Crippen MR) is 68.9 cm³/mol. The quantitative estimate of drug-likeness (QED) is 0.467. The summed E-state index contributed by atoms with van der Waals surface area (Å²) in [6, 6.07) is -0.218. The van der Waals surface area contributed by atoms with Gasteiger partial charge in [0.15, 0.2) is 0 Å². The Labute approximate surface area is 103 Å². The number of nitrogens with two attached hydrogens (primary N) is 1. The first-order chi connectivity index (χ1) is 7.41. The van der Waals surface area contributed by atoms with E-state index >= 15 is 0 Å². The number of sulfonamides is 1. The fourth-order valence-corrected chi connectivity index (χ4v) is 2.55. The third-order valence-corrected chi connectivity index (χ3v) is 3.55. The molecule has 0 spiro atoms. The van der Waals surface area contributed by atoms with Gasteiger partial charge in [-0.25, -0.2) is 13.1 Å². The summed E-state index contributed by atoms with van der Waals surface area (Å²) < 4.78 is 30.7. The van der Waals surface area contributed by atoms with Crippen LogP contribution in [0.3, 0.4) is 0 Å². The highest BCUT2D eigenvalue weighted by Gasteiger charge is 2.16. The monoisotopic (exact) mass is 268 g/mol. The summed E-state index contributed by atoms with van der Waals surface area (Å²) in [5, 5.41) is 0. The van der Waals surface area contributed by atoms with Gasteiger partial charge in [0.25, 0.3) is 0 Å². The molecule has 1 unspecified atom stereocenters. The zero-order chi connectivity index (χ0) is 12.6. The maximum atomic E-state index is 11.6. The molecule has 0 radical (unpaired) electrons. The third-order valence-electron chi connectivity index (χ3n) is 1.99. The average Bonchev–Trinajstić information content (AvgIpc) is 2.15. The molecular weight excluding hydrogens is 248 g/mol. The van der Waals surface area contributed by atoms with Gasteiger partial charge in [0.05, 0.1) is 17.3 Å². The van der Waals surface area contributed by atoms with E-state index < -0.39 is 10.0 Å². The number of rotatable bonds is 9. The van der Waals surface area contributed by atoms with E-state index in [0.717, 1.165) is 0 Å². The van der Waals surface area contributed by atoms with Crippen LogP contribution in [0, 0.1) is 0 Å². The molecule has 96 valence electrons. The van der Waals surface area contributed by atoms with Crippen LogP contribution in [-0.2, 0) is 14.8 Å². The van der Waals surface area contributed by atoms with E-state index in [9.17, 15) is 8.42 Å². The van der Waals surface area contributed by atoms with Crippen LogP contribution in [0.4, 0.5) is 0 Å². The lowest BCUT2D eigenvalue weighted by atomic mass is 10.2. The van der Waals surface area contributed by atoms with Crippen molar-refractivity contribution in [2.75, 3.05) is 19.0 Å². The lowest BCUT2D eigenvalue weighted by molar-refractivity contribution is 0.163. The standard InChI is InChI=1S/C9H20N2O3S2/c1-3-8(7-9(10)15)11-16(12,13)6-5-14-4-2/h8,11H,3-7H2,1-2H3,(H2,10,15). The highest BCUT2D eigenvalue weighted by atomic mass is 32.2. The minimum Gasteiger partial charge on any atom is -0.393 e. The van der Waals surface area contributed by atoms with Crippen molar-refractivity contribution in [3.8, 4) is 0 Å². The van der Waals surface area contributed by atoms with Crippen LogP contribution in [0.15, 0.2) is 0 Å². The lowest BCUT2D eigenvalue weighted by Crippen LogP contribution is -2.39. The molecule has 0 aliphatic heterocycles. The summed E-state index contributed by atoms with van der Waals surface area (Å²) >= 11 is 4.75. The normalized spacial score (nSPS) is 13.6. The fourth-order valence-electron chi connectivity index (χ4n) is 1.14. The van der Waals surface area contributed by atoms with Gasteiger partial charge < -0.3 is 10.5 Å². The zero-order valence-electron chi connectivity index (χ0n) is 9.73. The number of thiocarbonyl (C=S) groups is 1. The second-order valence-electron chi connectivity index (χ2n) is 3.41. The van der Waals surface area contributed by atoms with Gasteiger partial charge in [-0.1, -0.05) is 19.1 Å². The molecule has 0 saturated heterocycles. The molecule has 16 heavy (non-hydrogen) atoms. The molecule has 0 aromatic rings. The largest absolute Gasteiger partial charge is 0.393 e.